The topological polar surface area (TPSA) is 75.4 Å². The third-order valence-corrected chi connectivity index (χ3v) is 2.98. The minimum absolute atomic E-state index is 0.0492. The second kappa shape index (κ2) is 5.62. The van der Waals surface area contributed by atoms with E-state index in [9.17, 15) is 9.59 Å². The highest BCUT2D eigenvalue weighted by molar-refractivity contribution is 7.09. The van der Waals surface area contributed by atoms with Crippen molar-refractivity contribution >= 4 is 23.2 Å². The lowest BCUT2D eigenvalue weighted by molar-refractivity contribution is -0.147. The molecule has 0 saturated heterocycles. The molecule has 0 atom stereocenters. The summed E-state index contributed by atoms with van der Waals surface area (Å²) in [6.07, 6.45) is 0. The molecule has 16 heavy (non-hydrogen) atoms. The predicted octanol–water partition coefficient (Wildman–Crippen LogP) is 0.475. The second-order valence-corrected chi connectivity index (χ2v) is 4.61. The average Bonchev–Trinajstić information content (AvgIpc) is 2.76. The van der Waals surface area contributed by atoms with Gasteiger partial charge in [0.2, 0.25) is 0 Å². The Morgan fingerprint density at radius 3 is 2.69 bits per heavy atom. The van der Waals surface area contributed by atoms with E-state index in [-0.39, 0.29) is 6.04 Å². The smallest absolute Gasteiger partial charge is 0.323 e. The van der Waals surface area contributed by atoms with Crippen molar-refractivity contribution in [3.05, 3.63) is 22.4 Å². The molecule has 2 amide bonds. The zero-order chi connectivity index (χ0) is 12.1. The minimum Gasteiger partial charge on any atom is -0.327 e. The number of rotatable bonds is 3. The molecule has 0 bridgehead atoms. The largest absolute Gasteiger partial charge is 0.327 e. The summed E-state index contributed by atoms with van der Waals surface area (Å²) in [6.45, 7) is 4.15. The van der Waals surface area contributed by atoms with Crippen molar-refractivity contribution in [1.82, 2.24) is 10.3 Å². The molecular formula is C10H15N3O2S. The predicted molar refractivity (Wildman–Crippen MR) is 62.3 cm³/mol. The first-order valence-corrected chi connectivity index (χ1v) is 5.78. The lowest BCUT2D eigenvalue weighted by Gasteiger charge is -2.25. The van der Waals surface area contributed by atoms with E-state index in [1.165, 1.54) is 4.90 Å². The van der Waals surface area contributed by atoms with Gasteiger partial charge in [-0.05, 0) is 25.3 Å². The third kappa shape index (κ3) is 3.04. The molecule has 1 aromatic rings. The van der Waals surface area contributed by atoms with Crippen molar-refractivity contribution in [3.63, 3.8) is 0 Å². The Labute approximate surface area is 98.2 Å². The maximum absolute atomic E-state index is 11.7. The Morgan fingerprint density at radius 1 is 1.56 bits per heavy atom. The van der Waals surface area contributed by atoms with Crippen LogP contribution < -0.4 is 11.3 Å². The first-order valence-electron chi connectivity index (χ1n) is 4.90. The summed E-state index contributed by atoms with van der Waals surface area (Å²) in [5.41, 5.74) is 1.85. The van der Waals surface area contributed by atoms with E-state index in [0.29, 0.717) is 6.54 Å². The highest BCUT2D eigenvalue weighted by Gasteiger charge is 2.23. The normalized spacial score (nSPS) is 10.2. The van der Waals surface area contributed by atoms with Gasteiger partial charge in [-0.25, -0.2) is 5.84 Å². The maximum Gasteiger partial charge on any atom is 0.323 e. The van der Waals surface area contributed by atoms with Gasteiger partial charge in [0.25, 0.3) is 0 Å². The Kier molecular flexibility index (Phi) is 4.45. The van der Waals surface area contributed by atoms with Crippen molar-refractivity contribution in [2.75, 3.05) is 0 Å². The Bertz CT molecular complexity index is 362. The molecular weight excluding hydrogens is 226 g/mol. The molecule has 0 aliphatic heterocycles. The summed E-state index contributed by atoms with van der Waals surface area (Å²) < 4.78 is 0. The number of nitrogens with one attached hydrogen (secondary N) is 1. The molecule has 3 N–H and O–H groups in total. The number of amides is 2. The van der Waals surface area contributed by atoms with Crippen molar-refractivity contribution in [2.24, 2.45) is 5.84 Å². The lowest BCUT2D eigenvalue weighted by Crippen LogP contribution is -2.47. The van der Waals surface area contributed by atoms with Crippen LogP contribution >= 0.6 is 11.3 Å². The first kappa shape index (κ1) is 12.7. The highest BCUT2D eigenvalue weighted by Crippen LogP contribution is 2.13. The van der Waals surface area contributed by atoms with Crippen LogP contribution in [-0.2, 0) is 16.1 Å². The first-order chi connectivity index (χ1) is 7.56. The summed E-state index contributed by atoms with van der Waals surface area (Å²) in [4.78, 5) is 25.4. The van der Waals surface area contributed by atoms with Crippen LogP contribution in [0, 0.1) is 0 Å². The van der Waals surface area contributed by atoms with Crippen LogP contribution in [0.5, 0.6) is 0 Å². The van der Waals surface area contributed by atoms with Gasteiger partial charge in [-0.2, -0.15) is 0 Å². The monoisotopic (exact) mass is 241 g/mol. The van der Waals surface area contributed by atoms with Gasteiger partial charge < -0.3 is 4.90 Å². The quantitative estimate of drug-likeness (QED) is 0.350. The molecule has 0 saturated carbocycles. The molecule has 5 nitrogen and oxygen atoms in total. The van der Waals surface area contributed by atoms with Crippen LogP contribution in [0.4, 0.5) is 0 Å². The summed E-state index contributed by atoms with van der Waals surface area (Å²) in [7, 11) is 0. The number of hydrogen-bond acceptors (Lipinski definition) is 4. The Balaban J connectivity index is 2.75. The van der Waals surface area contributed by atoms with Gasteiger partial charge in [0.05, 0.1) is 6.54 Å². The molecule has 1 rings (SSSR count). The molecule has 0 aromatic carbocycles. The molecule has 1 aromatic heterocycles. The maximum atomic E-state index is 11.7. The van der Waals surface area contributed by atoms with Crippen molar-refractivity contribution in [1.29, 1.82) is 0 Å². The number of thiophene rings is 1. The molecule has 0 radical (unpaired) electrons. The molecule has 0 aliphatic rings. The van der Waals surface area contributed by atoms with Crippen molar-refractivity contribution < 1.29 is 9.59 Å². The Hall–Kier alpha value is -1.40. The van der Waals surface area contributed by atoms with E-state index in [4.69, 9.17) is 5.84 Å². The number of nitrogens with two attached hydrogens (primary N) is 1. The second-order valence-electron chi connectivity index (χ2n) is 3.58. The third-order valence-electron chi connectivity index (χ3n) is 2.12. The van der Waals surface area contributed by atoms with E-state index in [1.54, 1.807) is 11.3 Å². The molecule has 1 heterocycles. The van der Waals surface area contributed by atoms with Gasteiger partial charge in [-0.1, -0.05) is 6.07 Å². The van der Waals surface area contributed by atoms with Gasteiger partial charge in [0.15, 0.2) is 0 Å². The summed E-state index contributed by atoms with van der Waals surface area (Å²) in [5.74, 6) is 3.55. The van der Waals surface area contributed by atoms with Crippen LogP contribution in [0.3, 0.4) is 0 Å². The lowest BCUT2D eigenvalue weighted by atomic mass is 10.3. The standard InChI is InChI=1S/C10H15N3O2S/c1-7(2)13(10(15)9(14)12-11)6-8-4-3-5-16-8/h3-5,7H,6,11H2,1-2H3,(H,12,14). The van der Waals surface area contributed by atoms with E-state index in [1.807, 2.05) is 36.8 Å². The van der Waals surface area contributed by atoms with Crippen LogP contribution in [0.25, 0.3) is 0 Å². The number of nitrogens with zero attached hydrogens (tertiary/aromatic N) is 1. The van der Waals surface area contributed by atoms with E-state index >= 15 is 0 Å². The molecule has 6 heteroatoms. The molecule has 0 aliphatic carbocycles. The molecule has 0 unspecified atom stereocenters. The van der Waals surface area contributed by atoms with Gasteiger partial charge in [0.1, 0.15) is 0 Å². The van der Waals surface area contributed by atoms with Crippen molar-refractivity contribution in [2.45, 2.75) is 26.4 Å². The Morgan fingerprint density at radius 2 is 2.25 bits per heavy atom. The molecule has 0 spiro atoms. The summed E-state index contributed by atoms with van der Waals surface area (Å²) in [6, 6.07) is 3.78. The fourth-order valence-electron chi connectivity index (χ4n) is 1.25. The SMILES string of the molecule is CC(C)N(Cc1cccs1)C(=O)C(=O)NN. The van der Waals surface area contributed by atoms with E-state index < -0.39 is 11.8 Å². The van der Waals surface area contributed by atoms with Crippen LogP contribution in [-0.4, -0.2) is 22.8 Å². The number of hydrazine groups is 1. The van der Waals surface area contributed by atoms with Gasteiger partial charge in [0, 0.05) is 10.9 Å². The van der Waals surface area contributed by atoms with Gasteiger partial charge in [-0.3, -0.25) is 15.0 Å². The number of hydrogen-bond donors (Lipinski definition) is 2. The number of carbonyl (C=O) groups is 2. The number of carbonyl (C=O) groups excluding carboxylic acids is 2. The zero-order valence-electron chi connectivity index (χ0n) is 9.27. The summed E-state index contributed by atoms with van der Waals surface area (Å²) >= 11 is 1.55. The van der Waals surface area contributed by atoms with Gasteiger partial charge >= 0.3 is 11.8 Å². The van der Waals surface area contributed by atoms with Crippen LogP contribution in [0.2, 0.25) is 0 Å². The van der Waals surface area contributed by atoms with E-state index in [2.05, 4.69) is 0 Å². The van der Waals surface area contributed by atoms with E-state index in [0.717, 1.165) is 4.88 Å². The van der Waals surface area contributed by atoms with Gasteiger partial charge in [-0.15, -0.1) is 11.3 Å². The fraction of sp³-hybridized carbons (Fsp3) is 0.400. The average molecular weight is 241 g/mol. The van der Waals surface area contributed by atoms with Crippen LogP contribution in [0.15, 0.2) is 17.5 Å². The fourth-order valence-corrected chi connectivity index (χ4v) is 1.95. The minimum atomic E-state index is -0.787. The molecule has 0 fully saturated rings. The van der Waals surface area contributed by atoms with Crippen molar-refractivity contribution in [3.8, 4) is 0 Å². The zero-order valence-corrected chi connectivity index (χ0v) is 10.1. The van der Waals surface area contributed by atoms with Crippen LogP contribution in [0.1, 0.15) is 18.7 Å². The highest BCUT2D eigenvalue weighted by atomic mass is 32.1. The summed E-state index contributed by atoms with van der Waals surface area (Å²) in [5, 5.41) is 1.93. The molecule has 88 valence electrons.